The molecule has 94 valence electrons. The highest BCUT2D eigenvalue weighted by Gasteiger charge is 2.52. The first kappa shape index (κ1) is 12.3. The van der Waals surface area contributed by atoms with E-state index in [9.17, 15) is 4.79 Å². The van der Waals surface area contributed by atoms with Crippen LogP contribution in [-0.2, 0) is 4.74 Å². The number of carbonyl (C=O) groups is 1. The van der Waals surface area contributed by atoms with E-state index in [1.165, 1.54) is 0 Å². The average Bonchev–Trinajstić information content (AvgIpc) is 2.96. The van der Waals surface area contributed by atoms with E-state index in [1.807, 2.05) is 25.7 Å². The number of ether oxygens (including phenoxy) is 1. The van der Waals surface area contributed by atoms with Gasteiger partial charge in [0.2, 0.25) is 0 Å². The summed E-state index contributed by atoms with van der Waals surface area (Å²) in [5.74, 6) is 3.23. The fourth-order valence-corrected chi connectivity index (χ4v) is 2.57. The SMILES string of the molecule is C#CC1CCN(C(=O)OC(C)(C)C)CC12CC2. The first-order valence-corrected chi connectivity index (χ1v) is 6.30. The fourth-order valence-electron chi connectivity index (χ4n) is 2.57. The number of carbonyl (C=O) groups excluding carboxylic acids is 1. The third-order valence-electron chi connectivity index (χ3n) is 3.68. The van der Waals surface area contributed by atoms with Crippen molar-refractivity contribution in [2.24, 2.45) is 11.3 Å². The molecule has 0 aromatic rings. The molecule has 0 radical (unpaired) electrons. The van der Waals surface area contributed by atoms with Gasteiger partial charge in [-0.1, -0.05) is 0 Å². The van der Waals surface area contributed by atoms with Gasteiger partial charge in [0.05, 0.1) is 0 Å². The Hall–Kier alpha value is -1.17. The first-order valence-electron chi connectivity index (χ1n) is 6.30. The highest BCUT2D eigenvalue weighted by molar-refractivity contribution is 5.68. The molecule has 1 heterocycles. The molecule has 2 aliphatic rings. The van der Waals surface area contributed by atoms with Crippen LogP contribution in [0.25, 0.3) is 0 Å². The van der Waals surface area contributed by atoms with Crippen LogP contribution in [0.15, 0.2) is 0 Å². The maximum atomic E-state index is 12.0. The van der Waals surface area contributed by atoms with E-state index in [4.69, 9.17) is 11.2 Å². The minimum Gasteiger partial charge on any atom is -0.444 e. The van der Waals surface area contributed by atoms with Gasteiger partial charge in [-0.3, -0.25) is 0 Å². The van der Waals surface area contributed by atoms with Gasteiger partial charge < -0.3 is 9.64 Å². The second-order valence-corrected chi connectivity index (χ2v) is 6.27. The molecule has 3 heteroatoms. The molecule has 0 N–H and O–H groups in total. The molecule has 2 rings (SSSR count). The van der Waals surface area contributed by atoms with Crippen LogP contribution in [0, 0.1) is 23.7 Å². The van der Waals surface area contributed by atoms with Crippen molar-refractivity contribution in [3.8, 4) is 12.3 Å². The van der Waals surface area contributed by atoms with E-state index < -0.39 is 5.60 Å². The van der Waals surface area contributed by atoms with Crippen molar-refractivity contribution in [2.75, 3.05) is 13.1 Å². The van der Waals surface area contributed by atoms with Crippen molar-refractivity contribution in [3.63, 3.8) is 0 Å². The van der Waals surface area contributed by atoms with Crippen LogP contribution in [0.5, 0.6) is 0 Å². The van der Waals surface area contributed by atoms with Crippen LogP contribution in [-0.4, -0.2) is 29.7 Å². The second kappa shape index (κ2) is 3.94. The number of hydrogen-bond donors (Lipinski definition) is 0. The number of rotatable bonds is 0. The summed E-state index contributed by atoms with van der Waals surface area (Å²) in [7, 11) is 0. The van der Waals surface area contributed by atoms with Gasteiger partial charge in [0.1, 0.15) is 5.60 Å². The Morgan fingerprint density at radius 2 is 2.12 bits per heavy atom. The fraction of sp³-hybridized carbons (Fsp3) is 0.786. The number of hydrogen-bond acceptors (Lipinski definition) is 2. The molecule has 0 bridgehead atoms. The molecule has 0 aromatic heterocycles. The van der Waals surface area contributed by atoms with Crippen LogP contribution < -0.4 is 0 Å². The highest BCUT2D eigenvalue weighted by Crippen LogP contribution is 2.55. The molecule has 1 unspecified atom stereocenters. The number of nitrogens with zero attached hydrogens (tertiary/aromatic N) is 1. The lowest BCUT2D eigenvalue weighted by Crippen LogP contribution is -2.46. The predicted molar refractivity (Wildman–Crippen MR) is 66.4 cm³/mol. The monoisotopic (exact) mass is 235 g/mol. The summed E-state index contributed by atoms with van der Waals surface area (Å²) >= 11 is 0. The zero-order valence-electron chi connectivity index (χ0n) is 11.0. The molecule has 3 nitrogen and oxygen atoms in total. The van der Waals surface area contributed by atoms with Gasteiger partial charge in [-0.15, -0.1) is 12.3 Å². The molecule has 2 fully saturated rings. The summed E-state index contributed by atoms with van der Waals surface area (Å²) < 4.78 is 5.40. The number of amides is 1. The van der Waals surface area contributed by atoms with Gasteiger partial charge in [-0.25, -0.2) is 4.79 Å². The molecule has 1 atom stereocenters. The van der Waals surface area contributed by atoms with Crippen LogP contribution in [0.4, 0.5) is 4.79 Å². The van der Waals surface area contributed by atoms with E-state index in [0.29, 0.717) is 5.92 Å². The van der Waals surface area contributed by atoms with Gasteiger partial charge in [0, 0.05) is 24.4 Å². The van der Waals surface area contributed by atoms with Crippen molar-refractivity contribution in [1.82, 2.24) is 4.90 Å². The quantitative estimate of drug-likeness (QED) is 0.604. The normalized spacial score (nSPS) is 26.5. The topological polar surface area (TPSA) is 29.5 Å². The minimum atomic E-state index is -0.420. The number of terminal acetylenes is 1. The maximum Gasteiger partial charge on any atom is 0.410 e. The van der Waals surface area contributed by atoms with Crippen LogP contribution in [0.2, 0.25) is 0 Å². The third kappa shape index (κ3) is 2.57. The van der Waals surface area contributed by atoms with E-state index >= 15 is 0 Å². The largest absolute Gasteiger partial charge is 0.444 e. The number of piperidine rings is 1. The molecule has 1 aliphatic heterocycles. The molecule has 1 spiro atoms. The van der Waals surface area contributed by atoms with Gasteiger partial charge in [-0.05, 0) is 40.0 Å². The summed E-state index contributed by atoms with van der Waals surface area (Å²) in [5, 5.41) is 0. The molecule has 1 saturated carbocycles. The summed E-state index contributed by atoms with van der Waals surface area (Å²) in [5.41, 5.74) is -0.208. The molecule has 0 aromatic carbocycles. The van der Waals surface area contributed by atoms with Crippen LogP contribution in [0.1, 0.15) is 40.0 Å². The zero-order valence-corrected chi connectivity index (χ0v) is 11.0. The second-order valence-electron chi connectivity index (χ2n) is 6.27. The van der Waals surface area contributed by atoms with Gasteiger partial charge in [0.15, 0.2) is 0 Å². The zero-order chi connectivity index (χ0) is 12.7. The Morgan fingerprint density at radius 3 is 2.59 bits per heavy atom. The van der Waals surface area contributed by atoms with E-state index in [2.05, 4.69) is 5.92 Å². The van der Waals surface area contributed by atoms with Crippen molar-refractivity contribution in [3.05, 3.63) is 0 Å². The number of likely N-dealkylation sites (tertiary alicyclic amines) is 1. The Bertz CT molecular complexity index is 357. The van der Waals surface area contributed by atoms with Crippen LogP contribution in [0.3, 0.4) is 0 Å². The van der Waals surface area contributed by atoms with Gasteiger partial charge in [0.25, 0.3) is 0 Å². The van der Waals surface area contributed by atoms with Crippen molar-refractivity contribution < 1.29 is 9.53 Å². The minimum absolute atomic E-state index is 0.195. The molecule has 1 amide bonds. The molecular weight excluding hydrogens is 214 g/mol. The lowest BCUT2D eigenvalue weighted by molar-refractivity contribution is 0.0109. The summed E-state index contributed by atoms with van der Waals surface area (Å²) in [6, 6.07) is 0. The predicted octanol–water partition coefficient (Wildman–Crippen LogP) is 2.66. The maximum absolute atomic E-state index is 12.0. The Kier molecular flexibility index (Phi) is 2.85. The molecule has 17 heavy (non-hydrogen) atoms. The lowest BCUT2D eigenvalue weighted by Gasteiger charge is -2.37. The van der Waals surface area contributed by atoms with E-state index in [-0.39, 0.29) is 11.5 Å². The Morgan fingerprint density at radius 1 is 1.47 bits per heavy atom. The van der Waals surface area contributed by atoms with Gasteiger partial charge >= 0.3 is 6.09 Å². The molecule has 1 saturated heterocycles. The summed E-state index contributed by atoms with van der Waals surface area (Å²) in [4.78, 5) is 13.8. The Labute approximate surface area is 104 Å². The van der Waals surface area contributed by atoms with Gasteiger partial charge in [-0.2, -0.15) is 0 Å². The summed E-state index contributed by atoms with van der Waals surface area (Å²) in [6.45, 7) is 7.19. The third-order valence-corrected chi connectivity index (χ3v) is 3.68. The molecule has 1 aliphatic carbocycles. The smallest absolute Gasteiger partial charge is 0.410 e. The standard InChI is InChI=1S/C14H21NO2/c1-5-11-6-9-15(10-14(11)7-8-14)12(16)17-13(2,3)4/h1,11H,6-10H2,2-4H3. The molecular formula is C14H21NO2. The van der Waals surface area contributed by atoms with Crippen molar-refractivity contribution >= 4 is 6.09 Å². The van der Waals surface area contributed by atoms with Crippen LogP contribution >= 0.6 is 0 Å². The summed E-state index contributed by atoms with van der Waals surface area (Å²) in [6.07, 6.45) is 8.58. The lowest BCUT2D eigenvalue weighted by atomic mass is 9.83. The highest BCUT2D eigenvalue weighted by atomic mass is 16.6. The van der Waals surface area contributed by atoms with Crippen molar-refractivity contribution in [1.29, 1.82) is 0 Å². The van der Waals surface area contributed by atoms with Crippen molar-refractivity contribution in [2.45, 2.75) is 45.6 Å². The Balaban J connectivity index is 1.97. The van der Waals surface area contributed by atoms with E-state index in [1.54, 1.807) is 0 Å². The first-order chi connectivity index (χ1) is 7.86. The van der Waals surface area contributed by atoms with E-state index in [0.717, 1.165) is 32.4 Å². The average molecular weight is 235 g/mol.